The minimum atomic E-state index is -3.69. The average Bonchev–Trinajstić information content (AvgIpc) is 3.10. The number of rotatable bonds is 3. The molecule has 1 N–H and O–H groups in total. The Kier molecular flexibility index (Phi) is 3.70. The molecule has 2 saturated heterocycles. The van der Waals surface area contributed by atoms with Crippen LogP contribution in [0, 0.1) is 22.5 Å². The Morgan fingerprint density at radius 3 is 2.77 bits per heavy atom. The van der Waals surface area contributed by atoms with E-state index < -0.39 is 14.9 Å². The van der Waals surface area contributed by atoms with Crippen molar-refractivity contribution < 1.29 is 13.3 Å². The predicted molar refractivity (Wildman–Crippen MR) is 81.1 cm³/mol. The number of nitrogens with one attached hydrogen (secondary N) is 1. The van der Waals surface area contributed by atoms with Crippen molar-refractivity contribution in [3.8, 4) is 0 Å². The molecule has 0 aromatic heterocycles. The molecule has 1 aromatic rings. The van der Waals surface area contributed by atoms with Crippen molar-refractivity contribution in [2.24, 2.45) is 5.41 Å². The summed E-state index contributed by atoms with van der Waals surface area (Å²) >= 11 is 0. The van der Waals surface area contributed by atoms with Crippen LogP contribution in [0.3, 0.4) is 0 Å². The van der Waals surface area contributed by atoms with E-state index in [-0.39, 0.29) is 16.0 Å². The van der Waals surface area contributed by atoms with Gasteiger partial charge in [0.2, 0.25) is 10.0 Å². The highest BCUT2D eigenvalue weighted by molar-refractivity contribution is 7.89. The maximum absolute atomic E-state index is 12.9. The molecular weight excluding hydrogens is 306 g/mol. The van der Waals surface area contributed by atoms with E-state index in [4.69, 9.17) is 0 Å². The summed E-state index contributed by atoms with van der Waals surface area (Å²) in [5.41, 5.74) is 0.374. The highest BCUT2D eigenvalue weighted by Gasteiger charge is 2.44. The van der Waals surface area contributed by atoms with Crippen LogP contribution in [0.15, 0.2) is 23.1 Å². The minimum Gasteiger partial charge on any atom is -0.316 e. The Morgan fingerprint density at radius 1 is 1.36 bits per heavy atom. The van der Waals surface area contributed by atoms with Crippen LogP contribution in [0.5, 0.6) is 0 Å². The Bertz CT molecular complexity index is 711. The van der Waals surface area contributed by atoms with Crippen molar-refractivity contribution in [2.45, 2.75) is 24.7 Å². The lowest BCUT2D eigenvalue weighted by molar-refractivity contribution is -0.385. The topological polar surface area (TPSA) is 92.5 Å². The van der Waals surface area contributed by atoms with Crippen LogP contribution < -0.4 is 5.32 Å². The maximum atomic E-state index is 12.9. The fourth-order valence-electron chi connectivity index (χ4n) is 3.36. The van der Waals surface area contributed by atoms with E-state index in [2.05, 4.69) is 5.32 Å². The van der Waals surface area contributed by atoms with E-state index in [9.17, 15) is 18.5 Å². The molecule has 120 valence electrons. The Balaban J connectivity index is 1.93. The molecule has 0 radical (unpaired) electrons. The molecule has 0 saturated carbocycles. The molecule has 0 aliphatic carbocycles. The Hall–Kier alpha value is -1.51. The highest BCUT2D eigenvalue weighted by atomic mass is 32.2. The second kappa shape index (κ2) is 5.29. The van der Waals surface area contributed by atoms with Gasteiger partial charge in [-0.3, -0.25) is 10.1 Å². The first kappa shape index (κ1) is 15.4. The van der Waals surface area contributed by atoms with Gasteiger partial charge in [0.05, 0.1) is 9.82 Å². The molecular formula is C14H19N3O4S. The summed E-state index contributed by atoms with van der Waals surface area (Å²) in [6.45, 7) is 4.40. The summed E-state index contributed by atoms with van der Waals surface area (Å²) in [5, 5.41) is 14.2. The lowest BCUT2D eigenvalue weighted by Gasteiger charge is -2.23. The summed E-state index contributed by atoms with van der Waals surface area (Å²) in [4.78, 5) is 10.4. The number of benzene rings is 1. The summed E-state index contributed by atoms with van der Waals surface area (Å²) in [6.07, 6.45) is 1.82. The van der Waals surface area contributed by atoms with Crippen LogP contribution in [0.4, 0.5) is 5.69 Å². The molecule has 1 aromatic carbocycles. The number of nitrogens with zero attached hydrogens (tertiary/aromatic N) is 2. The summed E-state index contributed by atoms with van der Waals surface area (Å²) in [5.74, 6) is 0. The quantitative estimate of drug-likeness (QED) is 0.667. The van der Waals surface area contributed by atoms with E-state index in [1.165, 1.54) is 22.5 Å². The zero-order valence-corrected chi connectivity index (χ0v) is 13.2. The Labute approximate surface area is 129 Å². The van der Waals surface area contributed by atoms with Crippen LogP contribution in [0.25, 0.3) is 0 Å². The lowest BCUT2D eigenvalue weighted by Crippen LogP contribution is -2.33. The summed E-state index contributed by atoms with van der Waals surface area (Å²) in [7, 11) is -3.69. The number of nitro groups is 1. The van der Waals surface area contributed by atoms with E-state index in [1.54, 1.807) is 6.92 Å². The first-order valence-corrected chi connectivity index (χ1v) is 8.74. The van der Waals surface area contributed by atoms with E-state index in [0.717, 1.165) is 25.9 Å². The molecule has 1 atom stereocenters. The van der Waals surface area contributed by atoms with Gasteiger partial charge in [-0.25, -0.2) is 8.42 Å². The molecule has 0 amide bonds. The third kappa shape index (κ3) is 2.51. The average molecular weight is 325 g/mol. The zero-order valence-electron chi connectivity index (χ0n) is 12.4. The third-order valence-corrected chi connectivity index (χ3v) is 6.72. The van der Waals surface area contributed by atoms with Gasteiger partial charge in [0.1, 0.15) is 0 Å². The van der Waals surface area contributed by atoms with Gasteiger partial charge in [-0.2, -0.15) is 4.31 Å². The normalized spacial score (nSPS) is 25.9. The van der Waals surface area contributed by atoms with Crippen molar-refractivity contribution in [3.63, 3.8) is 0 Å². The zero-order chi connectivity index (χ0) is 16.0. The maximum Gasteiger partial charge on any atom is 0.270 e. The fraction of sp³-hybridized carbons (Fsp3) is 0.571. The molecule has 3 rings (SSSR count). The molecule has 1 spiro atoms. The van der Waals surface area contributed by atoms with Gasteiger partial charge >= 0.3 is 0 Å². The van der Waals surface area contributed by atoms with Crippen LogP contribution in [0.1, 0.15) is 18.4 Å². The van der Waals surface area contributed by atoms with E-state index >= 15 is 0 Å². The number of sulfonamides is 1. The first-order chi connectivity index (χ1) is 10.3. The number of hydrogen-bond acceptors (Lipinski definition) is 5. The second-order valence-corrected chi connectivity index (χ2v) is 8.13. The van der Waals surface area contributed by atoms with Crippen LogP contribution >= 0.6 is 0 Å². The van der Waals surface area contributed by atoms with E-state index in [1.807, 2.05) is 0 Å². The first-order valence-electron chi connectivity index (χ1n) is 7.30. The standard InChI is InChI=1S/C14H19N3O4S/c1-11-2-3-12(17(18)19)8-13(11)22(20,21)16-7-5-14(10-16)4-6-15-9-14/h2-3,8,15H,4-7,9-10H2,1H3. The monoisotopic (exact) mass is 325 g/mol. The van der Waals surface area contributed by atoms with Crippen molar-refractivity contribution in [3.05, 3.63) is 33.9 Å². The van der Waals surface area contributed by atoms with Crippen LogP contribution in [-0.2, 0) is 10.0 Å². The molecule has 2 fully saturated rings. The van der Waals surface area contributed by atoms with Crippen LogP contribution in [-0.4, -0.2) is 43.8 Å². The largest absolute Gasteiger partial charge is 0.316 e. The van der Waals surface area contributed by atoms with Crippen molar-refractivity contribution in [1.29, 1.82) is 0 Å². The highest BCUT2D eigenvalue weighted by Crippen LogP contribution is 2.39. The molecule has 7 nitrogen and oxygen atoms in total. The Morgan fingerprint density at radius 2 is 2.14 bits per heavy atom. The van der Waals surface area contributed by atoms with Crippen LogP contribution in [0.2, 0.25) is 0 Å². The minimum absolute atomic E-state index is 0.0295. The SMILES string of the molecule is Cc1ccc([N+](=O)[O-])cc1S(=O)(=O)N1CCC2(CCNC2)C1. The molecule has 0 bridgehead atoms. The number of aryl methyl sites for hydroxylation is 1. The van der Waals surface area contributed by atoms with Gasteiger partial charge in [0.15, 0.2) is 0 Å². The number of hydrogen-bond donors (Lipinski definition) is 1. The molecule has 8 heteroatoms. The fourth-order valence-corrected chi connectivity index (χ4v) is 5.16. The predicted octanol–water partition coefficient (Wildman–Crippen LogP) is 1.28. The van der Waals surface area contributed by atoms with Crippen molar-refractivity contribution >= 4 is 15.7 Å². The van der Waals surface area contributed by atoms with Gasteiger partial charge < -0.3 is 5.32 Å². The molecule has 2 heterocycles. The summed E-state index contributed by atoms with van der Waals surface area (Å²) in [6, 6.07) is 4.00. The van der Waals surface area contributed by atoms with Gasteiger partial charge in [-0.1, -0.05) is 6.07 Å². The lowest BCUT2D eigenvalue weighted by atomic mass is 9.87. The van der Waals surface area contributed by atoms with E-state index in [0.29, 0.717) is 18.7 Å². The second-order valence-electron chi connectivity index (χ2n) is 6.22. The van der Waals surface area contributed by atoms with Gasteiger partial charge in [-0.05, 0) is 37.3 Å². The summed E-state index contributed by atoms with van der Waals surface area (Å²) < 4.78 is 27.2. The third-order valence-electron chi connectivity index (χ3n) is 4.74. The molecule has 2 aliphatic rings. The number of non-ortho nitro benzene ring substituents is 1. The molecule has 22 heavy (non-hydrogen) atoms. The smallest absolute Gasteiger partial charge is 0.270 e. The van der Waals surface area contributed by atoms with Gasteiger partial charge in [0.25, 0.3) is 5.69 Å². The van der Waals surface area contributed by atoms with Gasteiger partial charge in [0, 0.05) is 31.8 Å². The number of nitro benzene ring substituents is 1. The van der Waals surface area contributed by atoms with Gasteiger partial charge in [-0.15, -0.1) is 0 Å². The van der Waals surface area contributed by atoms with Crippen molar-refractivity contribution in [1.82, 2.24) is 9.62 Å². The van der Waals surface area contributed by atoms with Crippen molar-refractivity contribution in [2.75, 3.05) is 26.2 Å². The molecule has 1 unspecified atom stereocenters. The molecule has 2 aliphatic heterocycles.